The molecule has 0 saturated heterocycles. The summed E-state index contributed by atoms with van der Waals surface area (Å²) in [6, 6.07) is 9.45. The van der Waals surface area contributed by atoms with Crippen molar-refractivity contribution in [1.29, 1.82) is 0 Å². The number of hydrogen-bond donors (Lipinski definition) is 1. The van der Waals surface area contributed by atoms with Gasteiger partial charge in [0, 0.05) is 12.1 Å². The summed E-state index contributed by atoms with van der Waals surface area (Å²) in [6.07, 6.45) is 0.330. The van der Waals surface area contributed by atoms with Crippen molar-refractivity contribution in [2.75, 3.05) is 6.54 Å². The van der Waals surface area contributed by atoms with Gasteiger partial charge in [-0.3, -0.25) is 0 Å². The van der Waals surface area contributed by atoms with E-state index in [1.54, 1.807) is 0 Å². The average Bonchev–Trinajstić information content (AvgIpc) is 2.85. The zero-order valence-electron chi connectivity index (χ0n) is 11.5. The molecule has 2 rings (SSSR count). The van der Waals surface area contributed by atoms with E-state index in [-0.39, 0.29) is 12.1 Å². The molecular formula is C14H19FN4. The van der Waals surface area contributed by atoms with Gasteiger partial charge in [-0.15, -0.1) is 5.10 Å². The predicted octanol–water partition coefficient (Wildman–Crippen LogP) is 2.67. The Bertz CT molecular complexity index is 516. The minimum absolute atomic E-state index is 0.116. The fraction of sp³-hybridized carbons (Fsp3) is 0.429. The van der Waals surface area contributed by atoms with E-state index in [1.807, 2.05) is 51.1 Å². The van der Waals surface area contributed by atoms with Crippen molar-refractivity contribution in [3.05, 3.63) is 42.2 Å². The fourth-order valence-electron chi connectivity index (χ4n) is 1.73. The van der Waals surface area contributed by atoms with Crippen LogP contribution in [-0.2, 0) is 0 Å². The van der Waals surface area contributed by atoms with Crippen LogP contribution in [0.15, 0.2) is 36.5 Å². The Balaban J connectivity index is 2.16. The second kappa shape index (κ2) is 5.48. The Morgan fingerprint density at radius 1 is 1.26 bits per heavy atom. The van der Waals surface area contributed by atoms with E-state index in [9.17, 15) is 4.39 Å². The number of halogens is 1. The molecule has 0 aliphatic rings. The van der Waals surface area contributed by atoms with Gasteiger partial charge >= 0.3 is 0 Å². The van der Waals surface area contributed by atoms with Gasteiger partial charge in [-0.1, -0.05) is 23.4 Å². The van der Waals surface area contributed by atoms with Crippen LogP contribution in [0.25, 0.3) is 5.69 Å². The van der Waals surface area contributed by atoms with E-state index in [1.165, 1.54) is 10.9 Å². The lowest BCUT2D eigenvalue weighted by Crippen LogP contribution is -2.38. The molecule has 102 valence electrons. The first-order valence-corrected chi connectivity index (χ1v) is 6.32. The number of aromatic nitrogens is 3. The third kappa shape index (κ3) is 3.61. The molecule has 1 heterocycles. The van der Waals surface area contributed by atoms with E-state index in [2.05, 4.69) is 15.6 Å². The van der Waals surface area contributed by atoms with E-state index in [4.69, 9.17) is 0 Å². The molecule has 2 aromatic rings. The van der Waals surface area contributed by atoms with Crippen LogP contribution in [0.1, 0.15) is 32.6 Å². The number of alkyl halides is 1. The number of rotatable bonds is 4. The second-order valence-electron chi connectivity index (χ2n) is 5.50. The quantitative estimate of drug-likeness (QED) is 0.921. The highest BCUT2D eigenvalue weighted by Gasteiger charge is 2.19. The maximum atomic E-state index is 14.3. The highest BCUT2D eigenvalue weighted by molar-refractivity contribution is 5.32. The van der Waals surface area contributed by atoms with Gasteiger partial charge in [0.1, 0.15) is 5.69 Å². The molecule has 4 nitrogen and oxygen atoms in total. The standard InChI is InChI=1S/C14H19FN4/c1-14(2,3)16-9-12(15)13-10-17-18-19(13)11-7-5-4-6-8-11/h4-8,10,12,16H,9H2,1-3H3. The number of nitrogens with zero attached hydrogens (tertiary/aromatic N) is 3. The summed E-state index contributed by atoms with van der Waals surface area (Å²) in [5.74, 6) is 0. The van der Waals surface area contributed by atoms with Crippen molar-refractivity contribution in [2.45, 2.75) is 32.5 Å². The van der Waals surface area contributed by atoms with Crippen LogP contribution in [0.2, 0.25) is 0 Å². The summed E-state index contributed by atoms with van der Waals surface area (Å²) in [6.45, 7) is 6.26. The molecule has 1 atom stereocenters. The lowest BCUT2D eigenvalue weighted by Gasteiger charge is -2.22. The molecule has 0 radical (unpaired) electrons. The Labute approximate surface area is 112 Å². The molecule has 1 aromatic carbocycles. The Morgan fingerprint density at radius 3 is 2.58 bits per heavy atom. The lowest BCUT2D eigenvalue weighted by molar-refractivity contribution is 0.282. The molecule has 5 heteroatoms. The van der Waals surface area contributed by atoms with Crippen LogP contribution in [0.4, 0.5) is 4.39 Å². The van der Waals surface area contributed by atoms with Crippen LogP contribution in [-0.4, -0.2) is 27.1 Å². The zero-order valence-corrected chi connectivity index (χ0v) is 11.5. The zero-order chi connectivity index (χ0) is 13.9. The largest absolute Gasteiger partial charge is 0.309 e. The van der Waals surface area contributed by atoms with Crippen molar-refractivity contribution < 1.29 is 4.39 Å². The highest BCUT2D eigenvalue weighted by Crippen LogP contribution is 2.19. The van der Waals surface area contributed by atoms with Gasteiger partial charge in [0.25, 0.3) is 0 Å². The summed E-state index contributed by atoms with van der Waals surface area (Å²) in [4.78, 5) is 0. The van der Waals surface area contributed by atoms with Gasteiger partial charge in [0.2, 0.25) is 0 Å². The first-order valence-electron chi connectivity index (χ1n) is 6.32. The summed E-state index contributed by atoms with van der Waals surface area (Å²) < 4.78 is 15.8. The molecule has 0 aliphatic carbocycles. The van der Waals surface area contributed by atoms with E-state index >= 15 is 0 Å². The van der Waals surface area contributed by atoms with Crippen LogP contribution in [0.5, 0.6) is 0 Å². The molecule has 0 fully saturated rings. The summed E-state index contributed by atoms with van der Waals surface area (Å²) in [7, 11) is 0. The molecule has 1 aromatic heterocycles. The Kier molecular flexibility index (Phi) is 3.95. The number of benzene rings is 1. The van der Waals surface area contributed by atoms with Crippen molar-refractivity contribution in [2.24, 2.45) is 0 Å². The third-order valence-corrected chi connectivity index (χ3v) is 2.71. The van der Waals surface area contributed by atoms with Gasteiger partial charge in [-0.05, 0) is 32.9 Å². The molecule has 0 spiro atoms. The SMILES string of the molecule is CC(C)(C)NCC(F)c1cnnn1-c1ccccc1. The van der Waals surface area contributed by atoms with Crippen molar-refractivity contribution in [3.8, 4) is 5.69 Å². The van der Waals surface area contributed by atoms with Crippen LogP contribution in [0.3, 0.4) is 0 Å². The topological polar surface area (TPSA) is 42.7 Å². The molecule has 0 bridgehead atoms. The highest BCUT2D eigenvalue weighted by atomic mass is 19.1. The predicted molar refractivity (Wildman–Crippen MR) is 73.0 cm³/mol. The number of para-hydroxylation sites is 1. The average molecular weight is 262 g/mol. The molecule has 0 amide bonds. The molecule has 19 heavy (non-hydrogen) atoms. The summed E-state index contributed by atoms with van der Waals surface area (Å²) in [5, 5.41) is 10.9. The van der Waals surface area contributed by atoms with E-state index in [0.29, 0.717) is 5.69 Å². The lowest BCUT2D eigenvalue weighted by atomic mass is 10.1. The maximum absolute atomic E-state index is 14.3. The first kappa shape index (κ1) is 13.7. The van der Waals surface area contributed by atoms with Crippen molar-refractivity contribution in [3.63, 3.8) is 0 Å². The number of nitrogens with one attached hydrogen (secondary N) is 1. The van der Waals surface area contributed by atoms with Crippen LogP contribution >= 0.6 is 0 Å². The third-order valence-electron chi connectivity index (χ3n) is 2.71. The second-order valence-corrected chi connectivity index (χ2v) is 5.50. The monoisotopic (exact) mass is 262 g/mol. The summed E-state index contributed by atoms with van der Waals surface area (Å²) in [5.41, 5.74) is 1.16. The van der Waals surface area contributed by atoms with Gasteiger partial charge in [0.15, 0.2) is 6.17 Å². The normalized spacial score (nSPS) is 13.5. The fourth-order valence-corrected chi connectivity index (χ4v) is 1.73. The van der Waals surface area contributed by atoms with Gasteiger partial charge in [-0.2, -0.15) is 0 Å². The van der Waals surface area contributed by atoms with Crippen molar-refractivity contribution in [1.82, 2.24) is 20.3 Å². The van der Waals surface area contributed by atoms with Gasteiger partial charge in [0.05, 0.1) is 11.9 Å². The van der Waals surface area contributed by atoms with Crippen molar-refractivity contribution >= 4 is 0 Å². The Hall–Kier alpha value is -1.75. The number of hydrogen-bond acceptors (Lipinski definition) is 3. The smallest absolute Gasteiger partial charge is 0.156 e. The molecule has 0 saturated carbocycles. The van der Waals surface area contributed by atoms with Crippen LogP contribution < -0.4 is 5.32 Å². The minimum atomic E-state index is -1.14. The molecule has 0 aliphatic heterocycles. The molecular weight excluding hydrogens is 243 g/mol. The van der Waals surface area contributed by atoms with Crippen LogP contribution in [0, 0.1) is 0 Å². The first-order chi connectivity index (χ1) is 8.97. The van der Waals surface area contributed by atoms with Gasteiger partial charge in [-0.25, -0.2) is 9.07 Å². The Morgan fingerprint density at radius 2 is 1.95 bits per heavy atom. The molecule has 1 N–H and O–H groups in total. The van der Waals surface area contributed by atoms with Gasteiger partial charge < -0.3 is 5.32 Å². The minimum Gasteiger partial charge on any atom is -0.309 e. The summed E-state index contributed by atoms with van der Waals surface area (Å²) >= 11 is 0. The maximum Gasteiger partial charge on any atom is 0.156 e. The van der Waals surface area contributed by atoms with E-state index in [0.717, 1.165) is 5.69 Å². The molecule has 1 unspecified atom stereocenters. The van der Waals surface area contributed by atoms with E-state index < -0.39 is 6.17 Å².